The quantitative estimate of drug-likeness (QED) is 0.228. The molecule has 1 amide bonds. The molecule has 0 saturated heterocycles. The SMILES string of the molecule is CN(CC(=O)Oc1ccccc1-c1nc2ccc(F)cc2c(=O)n1CCc1cccc(F)c1)C(=O)OC(C)(C)C. The topological polar surface area (TPSA) is 90.7 Å². The van der Waals surface area contributed by atoms with Gasteiger partial charge < -0.3 is 14.4 Å². The summed E-state index contributed by atoms with van der Waals surface area (Å²) in [6, 6.07) is 16.2. The van der Waals surface area contributed by atoms with Crippen LogP contribution < -0.4 is 10.3 Å². The van der Waals surface area contributed by atoms with Gasteiger partial charge in [0.15, 0.2) is 0 Å². The molecule has 0 saturated carbocycles. The Morgan fingerprint density at radius 1 is 0.975 bits per heavy atom. The van der Waals surface area contributed by atoms with Gasteiger partial charge in [-0.1, -0.05) is 24.3 Å². The Morgan fingerprint density at radius 3 is 2.42 bits per heavy atom. The van der Waals surface area contributed by atoms with Crippen LogP contribution in [0.3, 0.4) is 0 Å². The van der Waals surface area contributed by atoms with Gasteiger partial charge in [-0.2, -0.15) is 0 Å². The van der Waals surface area contributed by atoms with Gasteiger partial charge in [-0.25, -0.2) is 23.4 Å². The molecule has 0 bridgehead atoms. The van der Waals surface area contributed by atoms with Gasteiger partial charge in [-0.15, -0.1) is 0 Å². The first-order valence-electron chi connectivity index (χ1n) is 12.6. The molecule has 8 nitrogen and oxygen atoms in total. The van der Waals surface area contributed by atoms with Gasteiger partial charge in [0.25, 0.3) is 5.56 Å². The highest BCUT2D eigenvalue weighted by atomic mass is 19.1. The van der Waals surface area contributed by atoms with Crippen molar-refractivity contribution >= 4 is 23.0 Å². The van der Waals surface area contributed by atoms with E-state index in [-0.39, 0.29) is 42.0 Å². The van der Waals surface area contributed by atoms with Gasteiger partial charge in [0.05, 0.1) is 16.5 Å². The molecule has 0 radical (unpaired) electrons. The average molecular weight is 550 g/mol. The highest BCUT2D eigenvalue weighted by Crippen LogP contribution is 2.29. The molecule has 1 aromatic heterocycles. The van der Waals surface area contributed by atoms with Crippen molar-refractivity contribution in [1.29, 1.82) is 0 Å². The third kappa shape index (κ3) is 6.88. The number of hydrogen-bond acceptors (Lipinski definition) is 6. The van der Waals surface area contributed by atoms with Crippen molar-refractivity contribution < 1.29 is 27.8 Å². The molecule has 0 N–H and O–H groups in total. The number of ether oxygens (including phenoxy) is 2. The Balaban J connectivity index is 1.70. The summed E-state index contributed by atoms with van der Waals surface area (Å²) in [5.74, 6) is -1.43. The summed E-state index contributed by atoms with van der Waals surface area (Å²) in [5.41, 5.74) is 0.0122. The first kappa shape index (κ1) is 28.4. The second-order valence-corrected chi connectivity index (χ2v) is 10.2. The minimum atomic E-state index is -0.739. The summed E-state index contributed by atoms with van der Waals surface area (Å²) >= 11 is 0. The van der Waals surface area contributed by atoms with Crippen LogP contribution in [0.25, 0.3) is 22.3 Å². The van der Waals surface area contributed by atoms with E-state index in [2.05, 4.69) is 4.98 Å². The number of halogens is 2. The molecule has 3 aromatic carbocycles. The zero-order valence-corrected chi connectivity index (χ0v) is 22.6. The Morgan fingerprint density at radius 2 is 1.70 bits per heavy atom. The molecule has 0 atom stereocenters. The number of nitrogens with zero attached hydrogens (tertiary/aromatic N) is 3. The van der Waals surface area contributed by atoms with Crippen LogP contribution in [-0.2, 0) is 22.5 Å². The predicted octanol–water partition coefficient (Wildman–Crippen LogP) is 5.36. The molecule has 0 fully saturated rings. The van der Waals surface area contributed by atoms with E-state index in [0.29, 0.717) is 11.1 Å². The van der Waals surface area contributed by atoms with Crippen LogP contribution in [0.15, 0.2) is 71.5 Å². The van der Waals surface area contributed by atoms with Crippen LogP contribution in [0.2, 0.25) is 0 Å². The molecular weight excluding hydrogens is 520 g/mol. The number of carbonyl (C=O) groups excluding carboxylic acids is 2. The largest absolute Gasteiger partial charge is 0.444 e. The number of aromatic nitrogens is 2. The summed E-state index contributed by atoms with van der Waals surface area (Å²) in [6.07, 6.45) is -0.400. The Kier molecular flexibility index (Phi) is 8.27. The molecule has 10 heteroatoms. The summed E-state index contributed by atoms with van der Waals surface area (Å²) in [4.78, 5) is 44.3. The number of hydrogen-bond donors (Lipinski definition) is 0. The smallest absolute Gasteiger partial charge is 0.410 e. The van der Waals surface area contributed by atoms with Gasteiger partial charge in [-0.05, 0) is 75.2 Å². The van der Waals surface area contributed by atoms with E-state index in [0.717, 1.165) is 11.0 Å². The normalized spacial score (nSPS) is 11.3. The number of rotatable bonds is 7. The predicted molar refractivity (Wildman–Crippen MR) is 146 cm³/mol. The summed E-state index contributed by atoms with van der Waals surface area (Å²) in [6.45, 7) is 4.85. The third-order valence-electron chi connectivity index (χ3n) is 5.85. The summed E-state index contributed by atoms with van der Waals surface area (Å²) in [7, 11) is 1.41. The van der Waals surface area contributed by atoms with E-state index >= 15 is 0 Å². The summed E-state index contributed by atoms with van der Waals surface area (Å²) < 4.78 is 40.0. The lowest BCUT2D eigenvalue weighted by Gasteiger charge is -2.24. The second kappa shape index (κ2) is 11.6. The van der Waals surface area contributed by atoms with E-state index in [1.54, 1.807) is 57.2 Å². The zero-order chi connectivity index (χ0) is 29.0. The molecule has 0 aliphatic heterocycles. The standard InChI is InChI=1S/C30H29F2N3O5/c1-30(2,3)40-29(38)34(4)18-26(36)39-25-11-6-5-10-22(25)27-33-24-13-12-21(32)17-23(24)28(37)35(27)15-14-19-8-7-9-20(31)16-19/h5-13,16-17H,14-15,18H2,1-4H3. The minimum Gasteiger partial charge on any atom is -0.444 e. The zero-order valence-electron chi connectivity index (χ0n) is 22.6. The number of carbonyl (C=O) groups is 2. The number of likely N-dealkylation sites (N-methyl/N-ethyl adjacent to an activating group) is 1. The van der Waals surface area contributed by atoms with Gasteiger partial charge in [-0.3, -0.25) is 9.36 Å². The average Bonchev–Trinajstić information content (AvgIpc) is 2.88. The third-order valence-corrected chi connectivity index (χ3v) is 5.85. The van der Waals surface area contributed by atoms with Crippen LogP contribution >= 0.6 is 0 Å². The maximum absolute atomic E-state index is 14.0. The van der Waals surface area contributed by atoms with E-state index in [4.69, 9.17) is 9.47 Å². The van der Waals surface area contributed by atoms with Crippen LogP contribution in [0, 0.1) is 11.6 Å². The van der Waals surface area contributed by atoms with Crippen molar-refractivity contribution in [2.75, 3.05) is 13.6 Å². The number of esters is 1. The van der Waals surface area contributed by atoms with E-state index in [1.807, 2.05) is 0 Å². The van der Waals surface area contributed by atoms with Crippen molar-refractivity contribution in [3.8, 4) is 17.1 Å². The lowest BCUT2D eigenvalue weighted by Crippen LogP contribution is -2.38. The highest BCUT2D eigenvalue weighted by Gasteiger charge is 2.23. The number of para-hydroxylation sites is 1. The second-order valence-electron chi connectivity index (χ2n) is 10.2. The fourth-order valence-electron chi connectivity index (χ4n) is 4.03. The van der Waals surface area contributed by atoms with Gasteiger partial charge >= 0.3 is 12.1 Å². The maximum atomic E-state index is 14.0. The van der Waals surface area contributed by atoms with E-state index in [1.165, 1.54) is 35.9 Å². The molecule has 0 aliphatic carbocycles. The monoisotopic (exact) mass is 549 g/mol. The van der Waals surface area contributed by atoms with Gasteiger partial charge in [0.2, 0.25) is 0 Å². The van der Waals surface area contributed by atoms with Crippen LogP contribution in [0.5, 0.6) is 5.75 Å². The molecule has 0 spiro atoms. The number of benzene rings is 3. The first-order valence-corrected chi connectivity index (χ1v) is 12.6. The van der Waals surface area contributed by atoms with E-state index < -0.39 is 34.9 Å². The number of aryl methyl sites for hydroxylation is 1. The maximum Gasteiger partial charge on any atom is 0.410 e. The molecule has 0 aliphatic rings. The molecular formula is C30H29F2N3O5. The van der Waals surface area contributed by atoms with Crippen molar-refractivity contribution in [2.24, 2.45) is 0 Å². The van der Waals surface area contributed by atoms with Crippen LogP contribution in [0.4, 0.5) is 13.6 Å². The lowest BCUT2D eigenvalue weighted by atomic mass is 10.1. The fraction of sp³-hybridized carbons (Fsp3) is 0.267. The minimum absolute atomic E-state index is 0.0800. The molecule has 1 heterocycles. The first-order chi connectivity index (χ1) is 18.9. The molecule has 40 heavy (non-hydrogen) atoms. The summed E-state index contributed by atoms with van der Waals surface area (Å²) in [5, 5.41) is 0.0800. The Bertz CT molecular complexity index is 1630. The molecule has 4 rings (SSSR count). The van der Waals surface area contributed by atoms with Crippen molar-refractivity contribution in [3.05, 3.63) is 94.3 Å². The molecule has 0 unspecified atom stereocenters. The van der Waals surface area contributed by atoms with Crippen LogP contribution in [0.1, 0.15) is 26.3 Å². The fourth-order valence-corrected chi connectivity index (χ4v) is 4.03. The van der Waals surface area contributed by atoms with E-state index in [9.17, 15) is 23.2 Å². The van der Waals surface area contributed by atoms with Crippen LogP contribution in [-0.4, -0.2) is 45.7 Å². The van der Waals surface area contributed by atoms with Gasteiger partial charge in [0.1, 0.15) is 35.4 Å². The Hall–Kier alpha value is -4.60. The Labute approximate surface area is 229 Å². The highest BCUT2D eigenvalue weighted by molar-refractivity contribution is 5.83. The van der Waals surface area contributed by atoms with Crippen molar-refractivity contribution in [1.82, 2.24) is 14.5 Å². The van der Waals surface area contributed by atoms with Crippen molar-refractivity contribution in [2.45, 2.75) is 39.3 Å². The van der Waals surface area contributed by atoms with Gasteiger partial charge in [0, 0.05) is 13.6 Å². The number of amides is 1. The molecule has 208 valence electrons. The van der Waals surface area contributed by atoms with Crippen molar-refractivity contribution in [3.63, 3.8) is 0 Å². The number of fused-ring (bicyclic) bond motifs is 1. The molecule has 4 aromatic rings. The lowest BCUT2D eigenvalue weighted by molar-refractivity contribution is -0.135.